The van der Waals surface area contributed by atoms with Crippen LogP contribution in [0.1, 0.15) is 17.1 Å². The van der Waals surface area contributed by atoms with E-state index in [0.717, 1.165) is 32.9 Å². The van der Waals surface area contributed by atoms with Crippen molar-refractivity contribution < 1.29 is 0 Å². The molecule has 0 aliphatic carbocycles. The number of rotatable bonds is 3. The number of nitrogens with two attached hydrogens (primary N) is 1. The maximum Gasteiger partial charge on any atom is 0.125 e. The molecule has 1 heterocycles. The predicted molar refractivity (Wildman–Crippen MR) is 77.4 cm³/mol. The first kappa shape index (κ1) is 12.8. The first-order valence-corrected chi connectivity index (χ1v) is 6.43. The van der Waals surface area contributed by atoms with E-state index in [1.54, 1.807) is 6.20 Å². The van der Waals surface area contributed by atoms with E-state index in [1.807, 2.05) is 32.0 Å². The molecule has 0 saturated carbocycles. The maximum absolute atomic E-state index is 5.84. The third kappa shape index (κ3) is 2.98. The highest BCUT2D eigenvalue weighted by Gasteiger charge is 2.04. The molecule has 0 atom stereocenters. The molecule has 0 saturated heterocycles. The van der Waals surface area contributed by atoms with Gasteiger partial charge in [0.05, 0.1) is 12.2 Å². The van der Waals surface area contributed by atoms with Gasteiger partial charge in [0.25, 0.3) is 0 Å². The Morgan fingerprint density at radius 2 is 2.11 bits per heavy atom. The van der Waals surface area contributed by atoms with E-state index in [9.17, 15) is 0 Å². The molecule has 2 rings (SSSR count). The van der Waals surface area contributed by atoms with E-state index >= 15 is 0 Å². The molecule has 3 N–H and O–H groups in total. The van der Waals surface area contributed by atoms with Crippen molar-refractivity contribution in [3.63, 3.8) is 0 Å². The lowest BCUT2D eigenvalue weighted by Gasteiger charge is -2.11. The summed E-state index contributed by atoms with van der Waals surface area (Å²) in [6, 6.07) is 5.83. The molecule has 94 valence electrons. The van der Waals surface area contributed by atoms with Crippen LogP contribution in [0.4, 0.5) is 11.4 Å². The fourth-order valence-corrected chi connectivity index (χ4v) is 2.12. The highest BCUT2D eigenvalue weighted by molar-refractivity contribution is 9.10. The molecular formula is C13H15BrN4. The van der Waals surface area contributed by atoms with Crippen LogP contribution in [0.2, 0.25) is 0 Å². The van der Waals surface area contributed by atoms with Gasteiger partial charge in [0.1, 0.15) is 5.82 Å². The Morgan fingerprint density at radius 3 is 2.83 bits per heavy atom. The number of anilines is 2. The molecule has 0 spiro atoms. The van der Waals surface area contributed by atoms with Gasteiger partial charge >= 0.3 is 0 Å². The molecule has 18 heavy (non-hydrogen) atoms. The standard InChI is InChI=1S/C13H15BrN4/c1-8-5-13(11(14)6-12(8)15)17-7-10-3-4-16-9(2)18-10/h3-6,17H,7,15H2,1-2H3. The second kappa shape index (κ2) is 5.35. The van der Waals surface area contributed by atoms with Crippen LogP contribution in [0, 0.1) is 13.8 Å². The minimum Gasteiger partial charge on any atom is -0.398 e. The van der Waals surface area contributed by atoms with Gasteiger partial charge in [0, 0.05) is 22.0 Å². The van der Waals surface area contributed by atoms with Crippen LogP contribution < -0.4 is 11.1 Å². The Kier molecular flexibility index (Phi) is 3.81. The average molecular weight is 307 g/mol. The van der Waals surface area contributed by atoms with Gasteiger partial charge in [-0.15, -0.1) is 0 Å². The van der Waals surface area contributed by atoms with Crippen molar-refractivity contribution in [1.29, 1.82) is 0 Å². The van der Waals surface area contributed by atoms with Gasteiger partial charge < -0.3 is 11.1 Å². The van der Waals surface area contributed by atoms with Gasteiger partial charge in [-0.25, -0.2) is 9.97 Å². The Morgan fingerprint density at radius 1 is 1.33 bits per heavy atom. The van der Waals surface area contributed by atoms with Crippen molar-refractivity contribution in [1.82, 2.24) is 9.97 Å². The van der Waals surface area contributed by atoms with Crippen molar-refractivity contribution in [2.45, 2.75) is 20.4 Å². The zero-order valence-corrected chi connectivity index (χ0v) is 12.0. The maximum atomic E-state index is 5.84. The molecule has 0 aliphatic rings. The predicted octanol–water partition coefficient (Wildman–Crippen LogP) is 3.05. The van der Waals surface area contributed by atoms with E-state index < -0.39 is 0 Å². The third-order valence-corrected chi connectivity index (χ3v) is 3.31. The molecule has 1 aromatic carbocycles. The summed E-state index contributed by atoms with van der Waals surface area (Å²) in [6.45, 7) is 4.53. The number of halogens is 1. The number of hydrogen-bond acceptors (Lipinski definition) is 4. The fourth-order valence-electron chi connectivity index (χ4n) is 1.62. The van der Waals surface area contributed by atoms with E-state index in [1.165, 1.54) is 0 Å². The van der Waals surface area contributed by atoms with Crippen LogP contribution in [0.3, 0.4) is 0 Å². The molecule has 1 aromatic heterocycles. The summed E-state index contributed by atoms with van der Waals surface area (Å²) < 4.78 is 0.955. The number of nitrogens with one attached hydrogen (secondary N) is 1. The fraction of sp³-hybridized carbons (Fsp3) is 0.231. The zero-order chi connectivity index (χ0) is 13.1. The van der Waals surface area contributed by atoms with Crippen LogP contribution in [0.5, 0.6) is 0 Å². The summed E-state index contributed by atoms with van der Waals surface area (Å²) in [7, 11) is 0. The van der Waals surface area contributed by atoms with Gasteiger partial charge in [-0.2, -0.15) is 0 Å². The quantitative estimate of drug-likeness (QED) is 0.856. The minimum atomic E-state index is 0.658. The summed E-state index contributed by atoms with van der Waals surface area (Å²) in [5.74, 6) is 0.779. The van der Waals surface area contributed by atoms with Gasteiger partial charge in [-0.3, -0.25) is 0 Å². The van der Waals surface area contributed by atoms with Gasteiger partial charge in [0.2, 0.25) is 0 Å². The largest absolute Gasteiger partial charge is 0.398 e. The lowest BCUT2D eigenvalue weighted by molar-refractivity contribution is 0.954. The van der Waals surface area contributed by atoms with E-state index in [0.29, 0.717) is 6.54 Å². The number of benzene rings is 1. The van der Waals surface area contributed by atoms with Gasteiger partial charge in [-0.1, -0.05) is 0 Å². The first-order valence-electron chi connectivity index (χ1n) is 5.64. The van der Waals surface area contributed by atoms with Crippen molar-refractivity contribution in [2.24, 2.45) is 0 Å². The number of nitrogens with zero attached hydrogens (tertiary/aromatic N) is 2. The second-order valence-corrected chi connectivity index (χ2v) is 4.99. The molecule has 0 aliphatic heterocycles. The third-order valence-electron chi connectivity index (χ3n) is 2.65. The lowest BCUT2D eigenvalue weighted by Crippen LogP contribution is -2.04. The minimum absolute atomic E-state index is 0.658. The van der Waals surface area contributed by atoms with Crippen molar-refractivity contribution in [3.8, 4) is 0 Å². The van der Waals surface area contributed by atoms with E-state index in [2.05, 4.69) is 31.2 Å². The number of aryl methyl sites for hydroxylation is 2. The van der Waals surface area contributed by atoms with Gasteiger partial charge in [-0.05, 0) is 53.5 Å². The van der Waals surface area contributed by atoms with Crippen LogP contribution >= 0.6 is 15.9 Å². The van der Waals surface area contributed by atoms with E-state index in [4.69, 9.17) is 5.73 Å². The SMILES string of the molecule is Cc1nccc(CNc2cc(C)c(N)cc2Br)n1. The number of nitrogen functional groups attached to an aromatic ring is 1. The molecule has 0 radical (unpaired) electrons. The summed E-state index contributed by atoms with van der Waals surface area (Å²) >= 11 is 3.49. The Labute approximate surface area is 115 Å². The first-order chi connectivity index (χ1) is 8.56. The summed E-state index contributed by atoms with van der Waals surface area (Å²) in [5, 5.41) is 3.33. The lowest BCUT2D eigenvalue weighted by atomic mass is 10.2. The molecule has 4 nitrogen and oxygen atoms in total. The molecule has 0 unspecified atom stereocenters. The zero-order valence-electron chi connectivity index (χ0n) is 10.4. The highest BCUT2D eigenvalue weighted by Crippen LogP contribution is 2.27. The molecule has 5 heteroatoms. The summed E-state index contributed by atoms with van der Waals surface area (Å²) in [6.07, 6.45) is 1.77. The Bertz CT molecular complexity index is 569. The molecular weight excluding hydrogens is 292 g/mol. The molecule has 0 fully saturated rings. The van der Waals surface area contributed by atoms with Gasteiger partial charge in [0.15, 0.2) is 0 Å². The van der Waals surface area contributed by atoms with Crippen molar-refractivity contribution >= 4 is 27.3 Å². The monoisotopic (exact) mass is 306 g/mol. The Balaban J connectivity index is 2.13. The van der Waals surface area contributed by atoms with Crippen LogP contribution in [0.15, 0.2) is 28.9 Å². The highest BCUT2D eigenvalue weighted by atomic mass is 79.9. The van der Waals surface area contributed by atoms with Crippen molar-refractivity contribution in [2.75, 3.05) is 11.1 Å². The van der Waals surface area contributed by atoms with E-state index in [-0.39, 0.29) is 0 Å². The Hall–Kier alpha value is -1.62. The molecule has 0 bridgehead atoms. The summed E-state index contributed by atoms with van der Waals surface area (Å²) in [4.78, 5) is 8.42. The second-order valence-electron chi connectivity index (χ2n) is 4.14. The van der Waals surface area contributed by atoms with Crippen LogP contribution in [-0.4, -0.2) is 9.97 Å². The molecule has 0 amide bonds. The van der Waals surface area contributed by atoms with Crippen LogP contribution in [0.25, 0.3) is 0 Å². The number of aromatic nitrogens is 2. The molecule has 2 aromatic rings. The smallest absolute Gasteiger partial charge is 0.125 e. The summed E-state index contributed by atoms with van der Waals surface area (Å²) in [5.41, 5.74) is 9.65. The normalized spacial score (nSPS) is 10.4. The van der Waals surface area contributed by atoms with Crippen molar-refractivity contribution in [3.05, 3.63) is 46.0 Å². The number of hydrogen-bond donors (Lipinski definition) is 2. The topological polar surface area (TPSA) is 63.8 Å². The average Bonchev–Trinajstić information content (AvgIpc) is 2.32. The van der Waals surface area contributed by atoms with Crippen LogP contribution in [-0.2, 0) is 6.54 Å².